The van der Waals surface area contributed by atoms with Crippen molar-refractivity contribution in [3.8, 4) is 0 Å². The third-order valence-electron chi connectivity index (χ3n) is 2.23. The molecule has 0 amide bonds. The minimum absolute atomic E-state index is 0.137. The van der Waals surface area contributed by atoms with E-state index in [-0.39, 0.29) is 10.9 Å². The molecule has 0 spiro atoms. The number of hydrogen-bond acceptors (Lipinski definition) is 1. The third kappa shape index (κ3) is 2.69. The number of carboxylic acids is 1. The van der Waals surface area contributed by atoms with E-state index in [1.165, 1.54) is 18.2 Å². The van der Waals surface area contributed by atoms with Crippen LogP contribution in [0.2, 0.25) is 5.02 Å². The molecule has 0 fully saturated rings. The van der Waals surface area contributed by atoms with Crippen LogP contribution in [0.15, 0.2) is 18.2 Å². The fourth-order valence-corrected chi connectivity index (χ4v) is 1.77. The summed E-state index contributed by atoms with van der Waals surface area (Å²) in [6.45, 7) is 3.53. The van der Waals surface area contributed by atoms with Gasteiger partial charge in [0.25, 0.3) is 0 Å². The van der Waals surface area contributed by atoms with Crippen molar-refractivity contribution in [2.75, 3.05) is 0 Å². The summed E-state index contributed by atoms with van der Waals surface area (Å²) in [7, 11) is 0. The van der Waals surface area contributed by atoms with E-state index in [1.54, 1.807) is 13.8 Å². The Kier molecular flexibility index (Phi) is 3.69. The third-order valence-corrected chi connectivity index (χ3v) is 2.57. The van der Waals surface area contributed by atoms with E-state index < -0.39 is 17.7 Å². The quantitative estimate of drug-likeness (QED) is 0.865. The number of halogens is 2. The second-order valence-corrected chi connectivity index (χ2v) is 4.13. The molecule has 2 nitrogen and oxygen atoms in total. The number of rotatable bonds is 3. The molecular weight excluding hydrogens is 219 g/mol. The number of benzene rings is 1. The molecule has 0 aliphatic carbocycles. The summed E-state index contributed by atoms with van der Waals surface area (Å²) in [5, 5.41) is 9.32. The van der Waals surface area contributed by atoms with Crippen LogP contribution in [0.1, 0.15) is 25.3 Å². The minimum atomic E-state index is -0.988. The topological polar surface area (TPSA) is 37.3 Å². The largest absolute Gasteiger partial charge is 0.481 e. The van der Waals surface area contributed by atoms with Crippen molar-refractivity contribution < 1.29 is 14.3 Å². The summed E-state index contributed by atoms with van der Waals surface area (Å²) in [6, 6.07) is 3.77. The average Bonchev–Trinajstić information content (AvgIpc) is 2.10. The molecule has 1 atom stereocenters. The van der Waals surface area contributed by atoms with Gasteiger partial charge in [0.1, 0.15) is 5.82 Å². The molecule has 1 N–H and O–H groups in total. The normalized spacial score (nSPS) is 12.9. The molecule has 0 aliphatic heterocycles. The van der Waals surface area contributed by atoms with Crippen LogP contribution in [0.5, 0.6) is 0 Å². The van der Waals surface area contributed by atoms with Crippen LogP contribution < -0.4 is 0 Å². The number of hydrogen-bond donors (Lipinski definition) is 1. The smallest absolute Gasteiger partial charge is 0.311 e. The molecule has 0 saturated carbocycles. The van der Waals surface area contributed by atoms with Gasteiger partial charge >= 0.3 is 5.97 Å². The Morgan fingerprint density at radius 3 is 2.53 bits per heavy atom. The lowest BCUT2D eigenvalue weighted by Crippen LogP contribution is -2.18. The lowest BCUT2D eigenvalue weighted by molar-refractivity contribution is -0.139. The first-order valence-electron chi connectivity index (χ1n) is 4.61. The van der Waals surface area contributed by atoms with Gasteiger partial charge in [-0.1, -0.05) is 25.4 Å². The Morgan fingerprint density at radius 2 is 2.07 bits per heavy atom. The van der Waals surface area contributed by atoms with Crippen LogP contribution in [0.4, 0.5) is 4.39 Å². The van der Waals surface area contributed by atoms with E-state index in [1.807, 2.05) is 0 Å². The maximum Gasteiger partial charge on any atom is 0.311 e. The van der Waals surface area contributed by atoms with E-state index in [2.05, 4.69) is 0 Å². The molecule has 0 heterocycles. The fourth-order valence-electron chi connectivity index (χ4n) is 1.53. The average molecular weight is 231 g/mol. The van der Waals surface area contributed by atoms with Crippen LogP contribution in [-0.4, -0.2) is 11.1 Å². The minimum Gasteiger partial charge on any atom is -0.481 e. The van der Waals surface area contributed by atoms with Gasteiger partial charge in [0.05, 0.1) is 5.92 Å². The Balaban J connectivity index is 3.22. The van der Waals surface area contributed by atoms with Gasteiger partial charge in [-0.2, -0.15) is 0 Å². The van der Waals surface area contributed by atoms with Crippen LogP contribution in [0.25, 0.3) is 0 Å². The summed E-state index contributed by atoms with van der Waals surface area (Å²) >= 11 is 5.85. The summed E-state index contributed by atoms with van der Waals surface area (Å²) in [5.41, 5.74) is 0.333. The molecule has 15 heavy (non-hydrogen) atoms. The van der Waals surface area contributed by atoms with Crippen molar-refractivity contribution in [3.63, 3.8) is 0 Å². The Bertz CT molecular complexity index is 377. The zero-order valence-corrected chi connectivity index (χ0v) is 9.25. The van der Waals surface area contributed by atoms with Gasteiger partial charge < -0.3 is 5.11 Å². The van der Waals surface area contributed by atoms with Gasteiger partial charge in [0, 0.05) is 5.02 Å². The first-order chi connectivity index (χ1) is 6.93. The van der Waals surface area contributed by atoms with Crippen molar-refractivity contribution in [3.05, 3.63) is 34.6 Å². The van der Waals surface area contributed by atoms with Gasteiger partial charge in [-0.15, -0.1) is 0 Å². The Hall–Kier alpha value is -1.09. The number of carbonyl (C=O) groups is 1. The van der Waals surface area contributed by atoms with Crippen LogP contribution in [0, 0.1) is 11.7 Å². The first kappa shape index (κ1) is 12.0. The maximum atomic E-state index is 13.0. The highest BCUT2D eigenvalue weighted by atomic mass is 35.5. The predicted molar refractivity (Wildman–Crippen MR) is 56.6 cm³/mol. The van der Waals surface area contributed by atoms with Crippen molar-refractivity contribution in [2.45, 2.75) is 19.8 Å². The van der Waals surface area contributed by atoms with Crippen molar-refractivity contribution in [1.82, 2.24) is 0 Å². The highest BCUT2D eigenvalue weighted by Gasteiger charge is 2.26. The molecule has 0 saturated heterocycles. The van der Waals surface area contributed by atoms with Crippen molar-refractivity contribution >= 4 is 17.6 Å². The molecular formula is C11H12ClFO2. The SMILES string of the molecule is CC(C)C(C(=O)O)c1cc(F)ccc1Cl. The van der Waals surface area contributed by atoms with Gasteiger partial charge in [0.15, 0.2) is 0 Å². The molecule has 0 aromatic heterocycles. The van der Waals surface area contributed by atoms with E-state index >= 15 is 0 Å². The van der Waals surface area contributed by atoms with E-state index in [0.717, 1.165) is 0 Å². The summed E-state index contributed by atoms with van der Waals surface area (Å²) in [5.74, 6) is -2.37. The summed E-state index contributed by atoms with van der Waals surface area (Å²) in [4.78, 5) is 11.0. The van der Waals surface area contributed by atoms with E-state index in [9.17, 15) is 9.18 Å². The number of aliphatic carboxylic acids is 1. The molecule has 1 rings (SSSR count). The first-order valence-corrected chi connectivity index (χ1v) is 4.99. The summed E-state index contributed by atoms with van der Waals surface area (Å²) in [6.07, 6.45) is 0. The van der Waals surface area contributed by atoms with Gasteiger partial charge in [0.2, 0.25) is 0 Å². The second-order valence-electron chi connectivity index (χ2n) is 3.73. The van der Waals surface area contributed by atoms with Crippen LogP contribution in [0.3, 0.4) is 0 Å². The standard InChI is InChI=1S/C11H12ClFO2/c1-6(2)10(11(14)15)8-5-7(13)3-4-9(8)12/h3-6,10H,1-2H3,(H,14,15). The maximum absolute atomic E-state index is 13.0. The zero-order chi connectivity index (χ0) is 11.6. The van der Waals surface area contributed by atoms with Crippen molar-refractivity contribution in [1.29, 1.82) is 0 Å². The monoisotopic (exact) mass is 230 g/mol. The van der Waals surface area contributed by atoms with Gasteiger partial charge in [-0.3, -0.25) is 4.79 Å². The zero-order valence-electron chi connectivity index (χ0n) is 8.50. The lowest BCUT2D eigenvalue weighted by Gasteiger charge is -2.17. The molecule has 4 heteroatoms. The molecule has 0 bridgehead atoms. The fraction of sp³-hybridized carbons (Fsp3) is 0.364. The molecule has 0 radical (unpaired) electrons. The highest BCUT2D eigenvalue weighted by Crippen LogP contribution is 2.31. The van der Waals surface area contributed by atoms with Gasteiger partial charge in [-0.05, 0) is 29.7 Å². The summed E-state index contributed by atoms with van der Waals surface area (Å²) < 4.78 is 13.0. The Morgan fingerprint density at radius 1 is 1.47 bits per heavy atom. The molecule has 1 aromatic carbocycles. The lowest BCUT2D eigenvalue weighted by atomic mass is 9.88. The predicted octanol–water partition coefficient (Wildman–Crippen LogP) is 3.30. The van der Waals surface area contributed by atoms with Crippen LogP contribution >= 0.6 is 11.6 Å². The highest BCUT2D eigenvalue weighted by molar-refractivity contribution is 6.31. The second kappa shape index (κ2) is 4.62. The Labute approximate surface area is 92.7 Å². The molecule has 0 aliphatic rings. The van der Waals surface area contributed by atoms with E-state index in [0.29, 0.717) is 5.56 Å². The number of carboxylic acid groups (broad SMARTS) is 1. The molecule has 1 unspecified atom stereocenters. The molecule has 1 aromatic rings. The van der Waals surface area contributed by atoms with Gasteiger partial charge in [-0.25, -0.2) is 4.39 Å². The molecule has 82 valence electrons. The van der Waals surface area contributed by atoms with Crippen molar-refractivity contribution in [2.24, 2.45) is 5.92 Å². The van der Waals surface area contributed by atoms with Crippen LogP contribution in [-0.2, 0) is 4.79 Å². The van der Waals surface area contributed by atoms with E-state index in [4.69, 9.17) is 16.7 Å².